The van der Waals surface area contributed by atoms with Crippen LogP contribution in [0.4, 0.5) is 4.79 Å². The van der Waals surface area contributed by atoms with Gasteiger partial charge in [-0.05, 0) is 65.4 Å². The van der Waals surface area contributed by atoms with Crippen molar-refractivity contribution in [2.75, 3.05) is 0 Å². The lowest BCUT2D eigenvalue weighted by molar-refractivity contribution is -0.123. The van der Waals surface area contributed by atoms with Gasteiger partial charge in [0.1, 0.15) is 5.75 Å². The van der Waals surface area contributed by atoms with E-state index in [2.05, 4.69) is 0 Å². The molecule has 0 aromatic heterocycles. The molecule has 4 rings (SSSR count). The molecule has 166 valence electrons. The molecule has 0 N–H and O–H groups in total. The van der Waals surface area contributed by atoms with Crippen LogP contribution in [0.2, 0.25) is 15.1 Å². The first kappa shape index (κ1) is 23.4. The molecule has 5 nitrogen and oxygen atoms in total. The van der Waals surface area contributed by atoms with Crippen molar-refractivity contribution in [1.82, 2.24) is 4.90 Å². The standard InChI is InChI=1S/C24H14Cl3NO4S/c25-16-7-10-18(20(27)12-16)23(30)32-17-8-5-14(6-9-17)11-21-22(29)28(24(31)33-21)13-15-3-1-2-4-19(15)26/h1-12H,13H2/b21-11-. The van der Waals surface area contributed by atoms with Crippen molar-refractivity contribution >= 4 is 69.8 Å². The number of nitrogens with zero attached hydrogens (tertiary/aromatic N) is 1. The van der Waals surface area contributed by atoms with Crippen LogP contribution in [0.3, 0.4) is 0 Å². The van der Waals surface area contributed by atoms with Gasteiger partial charge in [0.2, 0.25) is 0 Å². The molecule has 0 saturated carbocycles. The molecule has 0 bridgehead atoms. The Morgan fingerprint density at radius 3 is 2.36 bits per heavy atom. The molecule has 1 heterocycles. The van der Waals surface area contributed by atoms with Crippen molar-refractivity contribution in [2.45, 2.75) is 6.54 Å². The van der Waals surface area contributed by atoms with Gasteiger partial charge in [0.25, 0.3) is 11.1 Å². The SMILES string of the molecule is O=C(Oc1ccc(/C=C2\SC(=O)N(Cc3ccccc3Cl)C2=O)cc1)c1ccc(Cl)cc1Cl. The Hall–Kier alpha value is -2.77. The number of halogens is 3. The minimum absolute atomic E-state index is 0.101. The second-order valence-corrected chi connectivity index (χ2v) is 9.19. The number of rotatable bonds is 5. The summed E-state index contributed by atoms with van der Waals surface area (Å²) in [6, 6.07) is 18.1. The zero-order valence-corrected chi connectivity index (χ0v) is 19.8. The molecule has 1 saturated heterocycles. The molecule has 3 aromatic rings. The van der Waals surface area contributed by atoms with Crippen LogP contribution in [0, 0.1) is 0 Å². The van der Waals surface area contributed by atoms with E-state index in [-0.39, 0.29) is 22.4 Å². The summed E-state index contributed by atoms with van der Waals surface area (Å²) in [5.74, 6) is -0.710. The number of carbonyl (C=O) groups excluding carboxylic acids is 3. The van der Waals surface area contributed by atoms with Crippen LogP contribution >= 0.6 is 46.6 Å². The number of hydrogen-bond donors (Lipinski definition) is 0. The van der Waals surface area contributed by atoms with Crippen LogP contribution in [0.15, 0.2) is 71.6 Å². The summed E-state index contributed by atoms with van der Waals surface area (Å²) in [6.07, 6.45) is 1.61. The quantitative estimate of drug-likeness (QED) is 0.205. The number of esters is 1. The molecule has 0 spiro atoms. The largest absolute Gasteiger partial charge is 0.423 e. The third-order valence-corrected chi connectivity index (χ3v) is 6.52. The lowest BCUT2D eigenvalue weighted by atomic mass is 10.2. The first-order valence-corrected chi connectivity index (χ1v) is 11.5. The Labute approximate surface area is 208 Å². The molecule has 0 atom stereocenters. The Bertz CT molecular complexity index is 1290. The predicted molar refractivity (Wildman–Crippen MR) is 131 cm³/mol. The number of hydrogen-bond acceptors (Lipinski definition) is 5. The van der Waals surface area contributed by atoms with Gasteiger partial charge in [-0.1, -0.05) is 65.1 Å². The minimum atomic E-state index is -0.620. The highest BCUT2D eigenvalue weighted by atomic mass is 35.5. The highest BCUT2D eigenvalue weighted by Gasteiger charge is 2.35. The van der Waals surface area contributed by atoms with Crippen LogP contribution in [0.5, 0.6) is 5.75 Å². The van der Waals surface area contributed by atoms with E-state index in [9.17, 15) is 14.4 Å². The van der Waals surface area contributed by atoms with E-state index in [1.54, 1.807) is 60.7 Å². The van der Waals surface area contributed by atoms with Crippen molar-refractivity contribution in [3.8, 4) is 5.75 Å². The Kier molecular flexibility index (Phi) is 7.10. The first-order chi connectivity index (χ1) is 15.8. The maximum Gasteiger partial charge on any atom is 0.345 e. The fraction of sp³-hybridized carbons (Fsp3) is 0.0417. The van der Waals surface area contributed by atoms with Crippen LogP contribution < -0.4 is 4.74 Å². The maximum absolute atomic E-state index is 12.7. The zero-order valence-electron chi connectivity index (χ0n) is 16.8. The molecular weight excluding hydrogens is 505 g/mol. The third-order valence-electron chi connectivity index (χ3n) is 4.70. The number of ether oxygens (including phenoxy) is 1. The van der Waals surface area contributed by atoms with Gasteiger partial charge in [-0.2, -0.15) is 0 Å². The van der Waals surface area contributed by atoms with E-state index in [1.807, 2.05) is 0 Å². The van der Waals surface area contributed by atoms with Gasteiger partial charge in [0.15, 0.2) is 0 Å². The summed E-state index contributed by atoms with van der Waals surface area (Å²) in [6.45, 7) is 0.101. The number of benzene rings is 3. The van der Waals surface area contributed by atoms with Crippen molar-refractivity contribution in [3.63, 3.8) is 0 Å². The van der Waals surface area contributed by atoms with Crippen molar-refractivity contribution in [2.24, 2.45) is 0 Å². The lowest BCUT2D eigenvalue weighted by Gasteiger charge is -2.13. The highest BCUT2D eigenvalue weighted by Crippen LogP contribution is 2.34. The number of carbonyl (C=O) groups is 3. The molecular formula is C24H14Cl3NO4S. The second-order valence-electron chi connectivity index (χ2n) is 6.94. The molecule has 0 unspecified atom stereocenters. The van der Waals surface area contributed by atoms with Gasteiger partial charge in [0, 0.05) is 10.0 Å². The fourth-order valence-electron chi connectivity index (χ4n) is 3.03. The highest BCUT2D eigenvalue weighted by molar-refractivity contribution is 8.18. The van der Waals surface area contributed by atoms with Gasteiger partial charge in [-0.25, -0.2) is 4.79 Å². The first-order valence-electron chi connectivity index (χ1n) is 9.58. The normalized spacial score (nSPS) is 14.8. The van der Waals surface area contributed by atoms with Crippen LogP contribution in [-0.4, -0.2) is 22.0 Å². The molecule has 33 heavy (non-hydrogen) atoms. The molecule has 2 amide bonds. The van der Waals surface area contributed by atoms with Crippen molar-refractivity contribution in [3.05, 3.63) is 103 Å². The average molecular weight is 519 g/mol. The van der Waals surface area contributed by atoms with E-state index in [4.69, 9.17) is 39.5 Å². The fourth-order valence-corrected chi connectivity index (χ4v) is 4.55. The summed E-state index contributed by atoms with van der Waals surface area (Å²) >= 11 is 18.9. The molecule has 0 radical (unpaired) electrons. The summed E-state index contributed by atoms with van der Waals surface area (Å²) in [5, 5.41) is 0.732. The second kappa shape index (κ2) is 10.0. The van der Waals surface area contributed by atoms with Crippen LogP contribution in [-0.2, 0) is 11.3 Å². The number of imide groups is 1. The van der Waals surface area contributed by atoms with E-state index in [1.165, 1.54) is 12.1 Å². The topological polar surface area (TPSA) is 63.7 Å². The molecule has 1 aliphatic heterocycles. The van der Waals surface area contributed by atoms with Gasteiger partial charge >= 0.3 is 5.97 Å². The molecule has 3 aromatic carbocycles. The molecule has 9 heteroatoms. The van der Waals surface area contributed by atoms with E-state index in [0.29, 0.717) is 31.8 Å². The predicted octanol–water partition coefficient (Wildman–Crippen LogP) is 7.10. The average Bonchev–Trinajstić information content (AvgIpc) is 3.03. The van der Waals surface area contributed by atoms with E-state index >= 15 is 0 Å². The smallest absolute Gasteiger partial charge is 0.345 e. The third kappa shape index (κ3) is 5.42. The van der Waals surface area contributed by atoms with Gasteiger partial charge < -0.3 is 4.74 Å². The van der Waals surface area contributed by atoms with Crippen molar-refractivity contribution in [1.29, 1.82) is 0 Å². The van der Waals surface area contributed by atoms with E-state index < -0.39 is 11.9 Å². The minimum Gasteiger partial charge on any atom is -0.423 e. The molecule has 0 aliphatic carbocycles. The molecule has 1 aliphatic rings. The van der Waals surface area contributed by atoms with Crippen molar-refractivity contribution < 1.29 is 19.1 Å². The van der Waals surface area contributed by atoms with Crippen LogP contribution in [0.25, 0.3) is 6.08 Å². The maximum atomic E-state index is 12.7. The number of thioether (sulfide) groups is 1. The molecule has 1 fully saturated rings. The Morgan fingerprint density at radius 1 is 0.939 bits per heavy atom. The summed E-state index contributed by atoms with van der Waals surface area (Å²) in [5.41, 5.74) is 1.55. The summed E-state index contributed by atoms with van der Waals surface area (Å²) < 4.78 is 5.34. The summed E-state index contributed by atoms with van der Waals surface area (Å²) in [4.78, 5) is 38.9. The monoisotopic (exact) mass is 517 g/mol. The summed E-state index contributed by atoms with van der Waals surface area (Å²) in [7, 11) is 0. The van der Waals surface area contributed by atoms with Gasteiger partial charge in [0.05, 0.1) is 22.0 Å². The van der Waals surface area contributed by atoms with Crippen LogP contribution in [0.1, 0.15) is 21.5 Å². The number of amides is 2. The lowest BCUT2D eigenvalue weighted by Crippen LogP contribution is -2.27. The van der Waals surface area contributed by atoms with Gasteiger partial charge in [-0.3, -0.25) is 14.5 Å². The zero-order chi connectivity index (χ0) is 23.5. The van der Waals surface area contributed by atoms with Gasteiger partial charge in [-0.15, -0.1) is 0 Å². The Balaban J connectivity index is 1.45. The Morgan fingerprint density at radius 2 is 1.67 bits per heavy atom. The van der Waals surface area contributed by atoms with E-state index in [0.717, 1.165) is 16.7 Å².